The molecular formula is C14H17ClN2O2. The highest BCUT2D eigenvalue weighted by molar-refractivity contribution is 6.30. The molecule has 5 heteroatoms. The Hall–Kier alpha value is -1.70. The van der Waals surface area contributed by atoms with Crippen LogP contribution in [0.25, 0.3) is 0 Å². The van der Waals surface area contributed by atoms with Crippen LogP contribution in [0.5, 0.6) is 0 Å². The van der Waals surface area contributed by atoms with Crippen LogP contribution in [0.1, 0.15) is 19.4 Å². The zero-order chi connectivity index (χ0) is 14.3. The van der Waals surface area contributed by atoms with Gasteiger partial charge in [0.2, 0.25) is 0 Å². The molecule has 0 radical (unpaired) electrons. The maximum Gasteiger partial charge on any atom is 0.411 e. The third kappa shape index (κ3) is 5.64. The molecule has 0 aliphatic rings. The van der Waals surface area contributed by atoms with Crippen LogP contribution in [-0.2, 0) is 4.74 Å². The third-order valence-corrected chi connectivity index (χ3v) is 2.33. The SMILES string of the molecule is CC(C)COC(=O)Nc1ccc(Cl)cc1C#CCN. The van der Waals surface area contributed by atoms with Gasteiger partial charge in [-0.25, -0.2) is 4.79 Å². The standard InChI is InChI=1S/C14H17ClN2O2/c1-10(2)9-19-14(18)17-13-6-5-12(15)8-11(13)4-3-7-16/h5-6,8,10H,7,9,16H2,1-2H3,(H,17,18). The summed E-state index contributed by atoms with van der Waals surface area (Å²) in [4.78, 5) is 11.6. The van der Waals surface area contributed by atoms with E-state index in [1.54, 1.807) is 18.2 Å². The predicted molar refractivity (Wildman–Crippen MR) is 77.2 cm³/mol. The molecule has 19 heavy (non-hydrogen) atoms. The number of ether oxygens (including phenoxy) is 1. The van der Waals surface area contributed by atoms with Gasteiger partial charge in [0.15, 0.2) is 0 Å². The van der Waals surface area contributed by atoms with Gasteiger partial charge in [-0.05, 0) is 24.1 Å². The van der Waals surface area contributed by atoms with Crippen molar-refractivity contribution in [3.8, 4) is 11.8 Å². The van der Waals surface area contributed by atoms with Crippen molar-refractivity contribution in [3.63, 3.8) is 0 Å². The molecule has 0 saturated heterocycles. The smallest absolute Gasteiger partial charge is 0.411 e. The first-order valence-electron chi connectivity index (χ1n) is 5.95. The van der Waals surface area contributed by atoms with Gasteiger partial charge in [-0.2, -0.15) is 0 Å². The van der Waals surface area contributed by atoms with Gasteiger partial charge in [0.05, 0.1) is 18.8 Å². The number of carbonyl (C=O) groups is 1. The lowest BCUT2D eigenvalue weighted by Gasteiger charge is -2.10. The Morgan fingerprint density at radius 3 is 2.89 bits per heavy atom. The molecule has 3 N–H and O–H groups in total. The normalized spacial score (nSPS) is 9.74. The first-order chi connectivity index (χ1) is 9.02. The molecule has 0 spiro atoms. The van der Waals surface area contributed by atoms with Gasteiger partial charge in [0.1, 0.15) is 0 Å². The molecule has 1 rings (SSSR count). The topological polar surface area (TPSA) is 64.3 Å². The lowest BCUT2D eigenvalue weighted by atomic mass is 10.2. The van der Waals surface area contributed by atoms with Crippen molar-refractivity contribution < 1.29 is 9.53 Å². The number of carbonyl (C=O) groups excluding carboxylic acids is 1. The monoisotopic (exact) mass is 280 g/mol. The molecule has 0 saturated carbocycles. The van der Waals surface area contributed by atoms with Crippen molar-refractivity contribution in [3.05, 3.63) is 28.8 Å². The molecule has 0 aliphatic heterocycles. The van der Waals surface area contributed by atoms with E-state index in [0.29, 0.717) is 22.9 Å². The summed E-state index contributed by atoms with van der Waals surface area (Å²) in [5.74, 6) is 5.86. The quantitative estimate of drug-likeness (QED) is 0.837. The minimum absolute atomic E-state index is 0.240. The summed E-state index contributed by atoms with van der Waals surface area (Å²) in [6.45, 7) is 4.54. The first kappa shape index (κ1) is 15.4. The summed E-state index contributed by atoms with van der Waals surface area (Å²) >= 11 is 5.89. The van der Waals surface area contributed by atoms with E-state index >= 15 is 0 Å². The highest BCUT2D eigenvalue weighted by Crippen LogP contribution is 2.20. The third-order valence-electron chi connectivity index (χ3n) is 2.09. The minimum atomic E-state index is -0.508. The molecule has 0 fully saturated rings. The minimum Gasteiger partial charge on any atom is -0.449 e. The lowest BCUT2D eigenvalue weighted by molar-refractivity contribution is 0.147. The summed E-state index contributed by atoms with van der Waals surface area (Å²) in [6, 6.07) is 5.02. The van der Waals surface area contributed by atoms with Gasteiger partial charge in [-0.3, -0.25) is 5.32 Å². The maximum absolute atomic E-state index is 11.6. The second-order valence-electron chi connectivity index (χ2n) is 4.31. The van der Waals surface area contributed by atoms with Crippen LogP contribution in [0.2, 0.25) is 5.02 Å². The second-order valence-corrected chi connectivity index (χ2v) is 4.75. The van der Waals surface area contributed by atoms with Gasteiger partial charge in [-0.15, -0.1) is 0 Å². The number of nitrogens with two attached hydrogens (primary N) is 1. The van der Waals surface area contributed by atoms with E-state index in [-0.39, 0.29) is 12.5 Å². The van der Waals surface area contributed by atoms with E-state index in [1.165, 1.54) is 0 Å². The van der Waals surface area contributed by atoms with Crippen LogP contribution < -0.4 is 11.1 Å². The molecule has 0 atom stereocenters. The second kappa shape index (κ2) is 7.67. The Bertz CT molecular complexity index is 504. The number of amides is 1. The Balaban J connectivity index is 2.79. The molecule has 0 aromatic heterocycles. The molecule has 4 nitrogen and oxygen atoms in total. The average molecular weight is 281 g/mol. The lowest BCUT2D eigenvalue weighted by Crippen LogP contribution is -2.17. The number of hydrogen-bond acceptors (Lipinski definition) is 3. The number of rotatable bonds is 3. The number of hydrogen-bond donors (Lipinski definition) is 2. The van der Waals surface area contributed by atoms with Crippen LogP contribution >= 0.6 is 11.6 Å². The van der Waals surface area contributed by atoms with Gasteiger partial charge >= 0.3 is 6.09 Å². The van der Waals surface area contributed by atoms with Crippen molar-refractivity contribution in [1.82, 2.24) is 0 Å². The maximum atomic E-state index is 11.6. The molecule has 1 amide bonds. The first-order valence-corrected chi connectivity index (χ1v) is 6.33. The van der Waals surface area contributed by atoms with Crippen molar-refractivity contribution in [2.75, 3.05) is 18.5 Å². The average Bonchev–Trinajstić information content (AvgIpc) is 2.36. The van der Waals surface area contributed by atoms with Crippen LogP contribution in [-0.4, -0.2) is 19.2 Å². The number of benzene rings is 1. The van der Waals surface area contributed by atoms with Crippen molar-refractivity contribution in [1.29, 1.82) is 0 Å². The predicted octanol–water partition coefficient (Wildman–Crippen LogP) is 2.85. The Kier molecular flexibility index (Phi) is 6.20. The fourth-order valence-electron chi connectivity index (χ4n) is 1.26. The largest absolute Gasteiger partial charge is 0.449 e. The van der Waals surface area contributed by atoms with Gasteiger partial charge < -0.3 is 10.5 Å². The number of nitrogens with one attached hydrogen (secondary N) is 1. The highest BCUT2D eigenvalue weighted by atomic mass is 35.5. The van der Waals surface area contributed by atoms with Crippen molar-refractivity contribution >= 4 is 23.4 Å². The van der Waals surface area contributed by atoms with E-state index < -0.39 is 6.09 Å². The Morgan fingerprint density at radius 2 is 2.26 bits per heavy atom. The molecule has 1 aromatic rings. The number of anilines is 1. The zero-order valence-electron chi connectivity index (χ0n) is 11.0. The van der Waals surface area contributed by atoms with Gasteiger partial charge in [0.25, 0.3) is 0 Å². The molecule has 0 unspecified atom stereocenters. The summed E-state index contributed by atoms with van der Waals surface area (Å²) in [5, 5.41) is 3.18. The summed E-state index contributed by atoms with van der Waals surface area (Å²) < 4.78 is 5.04. The van der Waals surface area contributed by atoms with Crippen LogP contribution in [0, 0.1) is 17.8 Å². The van der Waals surface area contributed by atoms with Gasteiger partial charge in [0, 0.05) is 10.6 Å². The molecule has 102 valence electrons. The van der Waals surface area contributed by atoms with E-state index in [0.717, 1.165) is 0 Å². The zero-order valence-corrected chi connectivity index (χ0v) is 11.8. The summed E-state index contributed by atoms with van der Waals surface area (Å²) in [5.41, 5.74) is 6.49. The Morgan fingerprint density at radius 1 is 1.53 bits per heavy atom. The number of halogens is 1. The van der Waals surface area contributed by atoms with E-state index in [1.807, 2.05) is 13.8 Å². The van der Waals surface area contributed by atoms with Crippen LogP contribution in [0.3, 0.4) is 0 Å². The molecule has 0 heterocycles. The molecular weight excluding hydrogens is 264 g/mol. The van der Waals surface area contributed by atoms with Gasteiger partial charge in [-0.1, -0.05) is 37.3 Å². The van der Waals surface area contributed by atoms with Crippen molar-refractivity contribution in [2.45, 2.75) is 13.8 Å². The molecule has 1 aromatic carbocycles. The van der Waals surface area contributed by atoms with Crippen LogP contribution in [0.15, 0.2) is 18.2 Å². The van der Waals surface area contributed by atoms with E-state index in [2.05, 4.69) is 17.2 Å². The molecule has 0 bridgehead atoms. The fourth-order valence-corrected chi connectivity index (χ4v) is 1.44. The van der Waals surface area contributed by atoms with Crippen molar-refractivity contribution in [2.24, 2.45) is 11.7 Å². The summed E-state index contributed by atoms with van der Waals surface area (Å²) in [6.07, 6.45) is -0.508. The fraction of sp³-hybridized carbons (Fsp3) is 0.357. The highest BCUT2D eigenvalue weighted by Gasteiger charge is 2.08. The van der Waals surface area contributed by atoms with E-state index in [9.17, 15) is 4.79 Å². The Labute approximate surface area is 118 Å². The van der Waals surface area contributed by atoms with Crippen LogP contribution in [0.4, 0.5) is 10.5 Å². The summed E-state index contributed by atoms with van der Waals surface area (Å²) in [7, 11) is 0. The molecule has 0 aliphatic carbocycles. The van der Waals surface area contributed by atoms with E-state index in [4.69, 9.17) is 22.1 Å².